The smallest absolute Gasteiger partial charge is 0.269 e. The van der Waals surface area contributed by atoms with E-state index in [1.165, 1.54) is 15.9 Å². The van der Waals surface area contributed by atoms with Crippen molar-refractivity contribution in [3.05, 3.63) is 77.7 Å². The molecule has 0 saturated carbocycles. The Hall–Kier alpha value is -3.03. The Balaban J connectivity index is 1.66. The summed E-state index contributed by atoms with van der Waals surface area (Å²) in [6.07, 6.45) is 3.66. The van der Waals surface area contributed by atoms with Crippen LogP contribution in [0.2, 0.25) is 0 Å². The van der Waals surface area contributed by atoms with Crippen molar-refractivity contribution in [2.45, 2.75) is 37.5 Å². The summed E-state index contributed by atoms with van der Waals surface area (Å²) in [6.45, 7) is 5.88. The first-order valence-electron chi connectivity index (χ1n) is 10.9. The number of piperidine rings is 1. The van der Waals surface area contributed by atoms with Gasteiger partial charge in [0.15, 0.2) is 5.65 Å². The Morgan fingerprint density at radius 3 is 2.31 bits per heavy atom. The largest absolute Gasteiger partial charge is 0.317 e. The Morgan fingerprint density at radius 1 is 0.938 bits per heavy atom. The van der Waals surface area contributed by atoms with Gasteiger partial charge >= 0.3 is 0 Å². The lowest BCUT2D eigenvalue weighted by molar-refractivity contribution is 0.460. The Labute approximate surface area is 188 Å². The van der Waals surface area contributed by atoms with Gasteiger partial charge in [-0.3, -0.25) is 0 Å². The van der Waals surface area contributed by atoms with Crippen molar-refractivity contribution in [2.24, 2.45) is 0 Å². The number of benzene rings is 2. The zero-order valence-electron chi connectivity index (χ0n) is 18.2. The fourth-order valence-electron chi connectivity index (χ4n) is 4.45. The average Bonchev–Trinajstić information content (AvgIpc) is 3.22. The molecule has 0 unspecified atom stereocenters. The molecule has 0 spiro atoms. The first kappa shape index (κ1) is 20.8. The summed E-state index contributed by atoms with van der Waals surface area (Å²) in [5, 5.41) is 4.14. The van der Waals surface area contributed by atoms with Crippen molar-refractivity contribution in [1.29, 1.82) is 0 Å². The highest BCUT2D eigenvalue weighted by Gasteiger charge is 2.26. The van der Waals surface area contributed by atoms with E-state index < -0.39 is 10.0 Å². The maximum absolute atomic E-state index is 13.7. The van der Waals surface area contributed by atoms with Crippen LogP contribution in [0.4, 0.5) is 0 Å². The van der Waals surface area contributed by atoms with Gasteiger partial charge in [-0.25, -0.2) is 22.4 Å². The third-order valence-electron chi connectivity index (χ3n) is 6.33. The monoisotopic (exact) mass is 446 g/mol. The summed E-state index contributed by atoms with van der Waals surface area (Å²) in [5.74, 6) is 0.542. The van der Waals surface area contributed by atoms with Gasteiger partial charge in [-0.1, -0.05) is 42.0 Å². The summed E-state index contributed by atoms with van der Waals surface area (Å²) in [6, 6.07) is 17.1. The van der Waals surface area contributed by atoms with Gasteiger partial charge in [0.25, 0.3) is 10.0 Å². The van der Waals surface area contributed by atoms with Crippen molar-refractivity contribution in [2.75, 3.05) is 13.1 Å². The molecule has 0 amide bonds. The summed E-state index contributed by atoms with van der Waals surface area (Å²) in [5.41, 5.74) is 4.90. The van der Waals surface area contributed by atoms with Gasteiger partial charge in [0, 0.05) is 5.39 Å². The normalized spacial score (nSPS) is 15.3. The number of nitrogens with one attached hydrogen (secondary N) is 1. The molecule has 1 N–H and O–H groups in total. The van der Waals surface area contributed by atoms with Crippen LogP contribution in [-0.2, 0) is 10.0 Å². The SMILES string of the molecule is Cc1ccc(S(=O)(=O)n2c(-c3ccc(C4CCNCC4)cc3)cc3c(C)ncnc32)cc1. The molecule has 7 heteroatoms. The molecule has 2 aromatic carbocycles. The Bertz CT molecular complexity index is 1370. The minimum Gasteiger partial charge on any atom is -0.317 e. The molecule has 6 nitrogen and oxygen atoms in total. The first-order chi connectivity index (χ1) is 15.4. The Morgan fingerprint density at radius 2 is 1.62 bits per heavy atom. The molecular formula is C25H26N4O2S. The molecule has 1 aliphatic heterocycles. The first-order valence-corrected chi connectivity index (χ1v) is 12.4. The second-order valence-corrected chi connectivity index (χ2v) is 10.2. The lowest BCUT2D eigenvalue weighted by Crippen LogP contribution is -2.26. The van der Waals surface area contributed by atoms with Gasteiger partial charge in [-0.15, -0.1) is 0 Å². The summed E-state index contributed by atoms with van der Waals surface area (Å²) >= 11 is 0. The molecule has 3 heterocycles. The summed E-state index contributed by atoms with van der Waals surface area (Å²) in [7, 11) is -3.85. The predicted octanol–water partition coefficient (Wildman–Crippen LogP) is 4.42. The van der Waals surface area contributed by atoms with Crippen LogP contribution in [0.15, 0.2) is 65.8 Å². The summed E-state index contributed by atoms with van der Waals surface area (Å²) < 4.78 is 28.8. The fraction of sp³-hybridized carbons (Fsp3) is 0.280. The molecule has 1 fully saturated rings. The maximum atomic E-state index is 13.7. The van der Waals surface area contributed by atoms with E-state index in [9.17, 15) is 8.42 Å². The second-order valence-electron chi connectivity index (χ2n) is 8.45. The van der Waals surface area contributed by atoms with Gasteiger partial charge in [0.1, 0.15) is 6.33 Å². The van der Waals surface area contributed by atoms with Gasteiger partial charge in [0.05, 0.1) is 16.3 Å². The summed E-state index contributed by atoms with van der Waals surface area (Å²) in [4.78, 5) is 8.87. The molecule has 0 radical (unpaired) electrons. The van der Waals surface area contributed by atoms with Crippen LogP contribution in [0.3, 0.4) is 0 Å². The third-order valence-corrected chi connectivity index (χ3v) is 8.05. The van der Waals surface area contributed by atoms with Crippen molar-refractivity contribution < 1.29 is 8.42 Å². The van der Waals surface area contributed by atoms with Crippen LogP contribution in [0, 0.1) is 13.8 Å². The lowest BCUT2D eigenvalue weighted by Gasteiger charge is -2.23. The molecule has 2 aromatic heterocycles. The van der Waals surface area contributed by atoms with Crippen molar-refractivity contribution in [1.82, 2.24) is 19.3 Å². The standard InChI is InChI=1S/C25H26N4O2S/c1-17-3-9-22(10-4-17)32(30,31)29-24(15-23-18(2)27-16-28-25(23)29)21-7-5-19(6-8-21)20-11-13-26-14-12-20/h3-10,15-16,20,26H,11-14H2,1-2H3. The van der Waals surface area contributed by atoms with E-state index in [0.717, 1.165) is 48.1 Å². The zero-order chi connectivity index (χ0) is 22.3. The van der Waals surface area contributed by atoms with Crippen molar-refractivity contribution in [3.8, 4) is 11.3 Å². The number of rotatable bonds is 4. The highest BCUT2D eigenvalue weighted by molar-refractivity contribution is 7.90. The van der Waals surface area contributed by atoms with Crippen LogP contribution < -0.4 is 5.32 Å². The minimum atomic E-state index is -3.85. The molecule has 32 heavy (non-hydrogen) atoms. The quantitative estimate of drug-likeness (QED) is 0.502. The van der Waals surface area contributed by atoms with Gasteiger partial charge in [0.2, 0.25) is 0 Å². The number of hydrogen-bond acceptors (Lipinski definition) is 5. The molecule has 4 aromatic rings. The fourth-order valence-corrected chi connectivity index (χ4v) is 5.93. The van der Waals surface area contributed by atoms with E-state index in [2.05, 4.69) is 27.4 Å². The van der Waals surface area contributed by atoms with Crippen LogP contribution in [0.5, 0.6) is 0 Å². The lowest BCUT2D eigenvalue weighted by atomic mass is 9.89. The molecule has 0 bridgehead atoms. The topological polar surface area (TPSA) is 76.9 Å². The second kappa shape index (κ2) is 8.15. The minimum absolute atomic E-state index is 0.240. The van der Waals surface area contributed by atoms with Crippen molar-refractivity contribution in [3.63, 3.8) is 0 Å². The van der Waals surface area contributed by atoms with E-state index in [0.29, 0.717) is 17.3 Å². The number of aromatic nitrogens is 3. The van der Waals surface area contributed by atoms with E-state index in [-0.39, 0.29) is 4.90 Å². The third kappa shape index (κ3) is 3.61. The number of aryl methyl sites for hydroxylation is 2. The van der Waals surface area contributed by atoms with E-state index in [4.69, 9.17) is 0 Å². The molecule has 1 aliphatic rings. The van der Waals surface area contributed by atoms with Crippen LogP contribution >= 0.6 is 0 Å². The highest BCUT2D eigenvalue weighted by Crippen LogP contribution is 2.34. The molecule has 164 valence electrons. The number of fused-ring (bicyclic) bond motifs is 1. The predicted molar refractivity (Wildman–Crippen MR) is 126 cm³/mol. The van der Waals surface area contributed by atoms with Gasteiger partial charge in [-0.2, -0.15) is 0 Å². The number of nitrogens with zero attached hydrogens (tertiary/aromatic N) is 3. The highest BCUT2D eigenvalue weighted by atomic mass is 32.2. The maximum Gasteiger partial charge on any atom is 0.269 e. The van der Waals surface area contributed by atoms with Gasteiger partial charge in [-0.05, 0) is 75.0 Å². The van der Waals surface area contributed by atoms with Crippen molar-refractivity contribution >= 4 is 21.1 Å². The molecule has 0 aliphatic carbocycles. The van der Waals surface area contributed by atoms with E-state index >= 15 is 0 Å². The number of hydrogen-bond donors (Lipinski definition) is 1. The Kier molecular flexibility index (Phi) is 5.31. The molecule has 1 saturated heterocycles. The van der Waals surface area contributed by atoms with Gasteiger partial charge < -0.3 is 5.32 Å². The van der Waals surface area contributed by atoms with Crippen LogP contribution in [0.1, 0.15) is 35.6 Å². The average molecular weight is 447 g/mol. The van der Waals surface area contributed by atoms with Crippen LogP contribution in [-0.4, -0.2) is 35.4 Å². The zero-order valence-corrected chi connectivity index (χ0v) is 19.1. The molecular weight excluding hydrogens is 420 g/mol. The molecule has 0 atom stereocenters. The van der Waals surface area contributed by atoms with Crippen LogP contribution in [0.25, 0.3) is 22.3 Å². The van der Waals surface area contributed by atoms with E-state index in [1.54, 1.807) is 12.1 Å². The molecule has 5 rings (SSSR count). The van der Waals surface area contributed by atoms with E-state index in [1.807, 2.05) is 44.2 Å².